The van der Waals surface area contributed by atoms with Crippen molar-refractivity contribution in [3.05, 3.63) is 47.5 Å². The fraction of sp³-hybridized carbons (Fsp3) is 0.690. The molecule has 3 heteroatoms. The number of rotatable bonds is 4. The summed E-state index contributed by atoms with van der Waals surface area (Å²) in [6, 6.07) is 10.3. The van der Waals surface area contributed by atoms with Gasteiger partial charge in [-0.15, -0.1) is 0 Å². The van der Waals surface area contributed by atoms with Gasteiger partial charge in [-0.1, -0.05) is 62.8 Å². The van der Waals surface area contributed by atoms with Gasteiger partial charge < -0.3 is 9.84 Å². The summed E-state index contributed by atoms with van der Waals surface area (Å²) >= 11 is 0. The van der Waals surface area contributed by atoms with Crippen LogP contribution >= 0.6 is 0 Å². The Morgan fingerprint density at radius 2 is 1.81 bits per heavy atom. The van der Waals surface area contributed by atoms with Crippen molar-refractivity contribution in [1.82, 2.24) is 0 Å². The van der Waals surface area contributed by atoms with Crippen LogP contribution in [0.3, 0.4) is 0 Å². The zero-order chi connectivity index (χ0) is 22.7. The van der Waals surface area contributed by atoms with E-state index in [1.165, 1.54) is 18.4 Å². The van der Waals surface area contributed by atoms with E-state index in [9.17, 15) is 9.90 Å². The monoisotopic (exact) mass is 436 g/mol. The summed E-state index contributed by atoms with van der Waals surface area (Å²) in [6.07, 6.45) is 9.26. The number of carbonyl (C=O) groups is 1. The van der Waals surface area contributed by atoms with Gasteiger partial charge in [-0.25, -0.2) is 0 Å². The number of hydrogen-bond donors (Lipinski definition) is 1. The number of aliphatic hydroxyl groups is 1. The van der Waals surface area contributed by atoms with Crippen LogP contribution in [0.2, 0.25) is 0 Å². The van der Waals surface area contributed by atoms with Gasteiger partial charge in [-0.3, -0.25) is 4.79 Å². The van der Waals surface area contributed by atoms with Crippen molar-refractivity contribution in [2.45, 2.75) is 91.5 Å². The van der Waals surface area contributed by atoms with Crippen LogP contribution in [0.4, 0.5) is 0 Å². The molecule has 0 saturated heterocycles. The first-order valence-corrected chi connectivity index (χ1v) is 12.7. The average Bonchev–Trinajstić information content (AvgIpc) is 3.06. The molecule has 32 heavy (non-hydrogen) atoms. The summed E-state index contributed by atoms with van der Waals surface area (Å²) in [6.45, 7) is 9.48. The fourth-order valence-electron chi connectivity index (χ4n) is 8.46. The van der Waals surface area contributed by atoms with Gasteiger partial charge in [-0.2, -0.15) is 0 Å². The van der Waals surface area contributed by atoms with E-state index in [1.54, 1.807) is 0 Å². The number of ketones is 1. The third-order valence-electron chi connectivity index (χ3n) is 10.8. The lowest BCUT2D eigenvalue weighted by atomic mass is 9.45. The highest BCUT2D eigenvalue weighted by atomic mass is 16.5. The third-order valence-corrected chi connectivity index (χ3v) is 10.8. The van der Waals surface area contributed by atoms with Crippen molar-refractivity contribution in [2.24, 2.45) is 34.0 Å². The van der Waals surface area contributed by atoms with E-state index in [2.05, 4.69) is 39.0 Å². The highest BCUT2D eigenvalue weighted by Gasteiger charge is 2.64. The maximum Gasteiger partial charge on any atom is 0.136 e. The first-order chi connectivity index (χ1) is 15.2. The Morgan fingerprint density at radius 3 is 2.53 bits per heavy atom. The van der Waals surface area contributed by atoms with Crippen LogP contribution in [-0.4, -0.2) is 23.1 Å². The van der Waals surface area contributed by atoms with Gasteiger partial charge in [0.05, 0.1) is 18.8 Å². The summed E-state index contributed by atoms with van der Waals surface area (Å²) in [7, 11) is 0. The maximum atomic E-state index is 12.7. The standard InChI is InChI=1S/C29H40O3/c1-19(30)28(3)14-13-24-22-11-10-21-16-25(31)26(32-18-20-8-6-5-7-9-20)17-27(21,2)23(22)12-15-29(24,28)4/h5-10,22-26,31H,11-18H2,1-4H3/t22?,23?,24?,25?,26?,27?,28-,29?/m1/s1. The summed E-state index contributed by atoms with van der Waals surface area (Å²) in [4.78, 5) is 12.7. The lowest BCUT2D eigenvalue weighted by molar-refractivity contribution is -0.141. The van der Waals surface area contributed by atoms with E-state index in [4.69, 9.17) is 4.74 Å². The van der Waals surface area contributed by atoms with Gasteiger partial charge in [0.2, 0.25) is 0 Å². The molecule has 0 amide bonds. The molecule has 1 aromatic carbocycles. The van der Waals surface area contributed by atoms with Crippen molar-refractivity contribution in [3.63, 3.8) is 0 Å². The maximum absolute atomic E-state index is 12.7. The lowest BCUT2D eigenvalue weighted by Crippen LogP contribution is -2.55. The van der Waals surface area contributed by atoms with Gasteiger partial charge >= 0.3 is 0 Å². The van der Waals surface area contributed by atoms with E-state index in [0.717, 1.165) is 37.7 Å². The van der Waals surface area contributed by atoms with Gasteiger partial charge in [0.15, 0.2) is 0 Å². The van der Waals surface area contributed by atoms with E-state index < -0.39 is 6.10 Å². The molecular formula is C29H40O3. The number of allylic oxidation sites excluding steroid dienone is 1. The second-order valence-electron chi connectivity index (χ2n) is 12.0. The molecule has 174 valence electrons. The molecule has 3 nitrogen and oxygen atoms in total. The molecule has 3 fully saturated rings. The zero-order valence-electron chi connectivity index (χ0n) is 20.3. The Hall–Kier alpha value is -1.45. The van der Waals surface area contributed by atoms with Crippen LogP contribution in [-0.2, 0) is 16.1 Å². The van der Waals surface area contributed by atoms with Crippen LogP contribution in [0.25, 0.3) is 0 Å². The number of ether oxygens (including phenoxy) is 1. The average molecular weight is 437 g/mol. The summed E-state index contributed by atoms with van der Waals surface area (Å²) in [5.41, 5.74) is 2.67. The molecule has 7 unspecified atom stereocenters. The minimum Gasteiger partial charge on any atom is -0.390 e. The molecule has 0 heterocycles. The molecule has 5 rings (SSSR count). The Kier molecular flexibility index (Phi) is 5.45. The molecule has 8 atom stereocenters. The number of benzene rings is 1. The molecule has 0 radical (unpaired) electrons. The minimum atomic E-state index is -0.420. The molecule has 0 bridgehead atoms. The van der Waals surface area contributed by atoms with Crippen LogP contribution < -0.4 is 0 Å². The topological polar surface area (TPSA) is 46.5 Å². The molecule has 1 aromatic rings. The van der Waals surface area contributed by atoms with Crippen molar-refractivity contribution in [2.75, 3.05) is 0 Å². The molecule has 3 saturated carbocycles. The first-order valence-electron chi connectivity index (χ1n) is 12.7. The quantitative estimate of drug-likeness (QED) is 0.580. The molecule has 0 aliphatic heterocycles. The second kappa shape index (κ2) is 7.81. The molecule has 4 aliphatic carbocycles. The number of hydrogen-bond acceptors (Lipinski definition) is 3. The van der Waals surface area contributed by atoms with E-state index >= 15 is 0 Å². The Morgan fingerprint density at radius 1 is 1.09 bits per heavy atom. The highest BCUT2D eigenvalue weighted by Crippen LogP contribution is 2.69. The predicted octanol–water partition coefficient (Wildman–Crippen LogP) is 6.10. The van der Waals surface area contributed by atoms with Crippen LogP contribution in [0, 0.1) is 34.0 Å². The normalized spacial score (nSPS) is 45.4. The number of aliphatic hydroxyl groups excluding tert-OH is 1. The molecule has 1 N–H and O–H groups in total. The summed E-state index contributed by atoms with van der Waals surface area (Å²) in [5.74, 6) is 2.29. The second-order valence-corrected chi connectivity index (χ2v) is 12.0. The van der Waals surface area contributed by atoms with Crippen LogP contribution in [0.5, 0.6) is 0 Å². The van der Waals surface area contributed by atoms with Gasteiger partial charge in [0, 0.05) is 5.41 Å². The largest absolute Gasteiger partial charge is 0.390 e. The molecule has 0 aromatic heterocycles. The fourth-order valence-corrected chi connectivity index (χ4v) is 8.46. The Labute approximate surface area is 193 Å². The highest BCUT2D eigenvalue weighted by molar-refractivity contribution is 5.83. The SMILES string of the molecule is CC(=O)[C@@]1(C)CCC2C3CC=C4CC(O)C(OCc5ccccc5)CC4(C)C3CCC21C. The van der Waals surface area contributed by atoms with Crippen molar-refractivity contribution < 1.29 is 14.6 Å². The summed E-state index contributed by atoms with van der Waals surface area (Å²) in [5, 5.41) is 10.9. The molecular weight excluding hydrogens is 396 g/mol. The molecule has 4 aliphatic rings. The smallest absolute Gasteiger partial charge is 0.136 e. The van der Waals surface area contributed by atoms with Crippen molar-refractivity contribution in [1.29, 1.82) is 0 Å². The number of Topliss-reactive ketones (excluding diaryl/α,β-unsaturated/α-hetero) is 1. The van der Waals surface area contributed by atoms with E-state index in [0.29, 0.717) is 30.1 Å². The van der Waals surface area contributed by atoms with Gasteiger partial charge in [0.1, 0.15) is 5.78 Å². The Bertz CT molecular complexity index is 906. The molecule has 0 spiro atoms. The predicted molar refractivity (Wildman–Crippen MR) is 127 cm³/mol. The van der Waals surface area contributed by atoms with Gasteiger partial charge in [0.25, 0.3) is 0 Å². The summed E-state index contributed by atoms with van der Waals surface area (Å²) < 4.78 is 6.32. The van der Waals surface area contributed by atoms with E-state index in [1.807, 2.05) is 25.1 Å². The van der Waals surface area contributed by atoms with Crippen LogP contribution in [0.15, 0.2) is 42.0 Å². The number of carbonyl (C=O) groups excluding carboxylic acids is 1. The van der Waals surface area contributed by atoms with Gasteiger partial charge in [-0.05, 0) is 86.0 Å². The third kappa shape index (κ3) is 3.18. The van der Waals surface area contributed by atoms with E-state index in [-0.39, 0.29) is 22.3 Å². The minimum absolute atomic E-state index is 0.0973. The number of fused-ring (bicyclic) bond motifs is 5. The zero-order valence-corrected chi connectivity index (χ0v) is 20.3. The Balaban J connectivity index is 1.38. The van der Waals surface area contributed by atoms with Crippen molar-refractivity contribution >= 4 is 5.78 Å². The van der Waals surface area contributed by atoms with Crippen LogP contribution in [0.1, 0.15) is 78.2 Å². The lowest BCUT2D eigenvalue weighted by Gasteiger charge is -2.59. The van der Waals surface area contributed by atoms with Crippen molar-refractivity contribution in [3.8, 4) is 0 Å². The first kappa shape index (κ1) is 22.3.